The molecular formula is C22H22F3N5O2S. The highest BCUT2D eigenvalue weighted by molar-refractivity contribution is 7.80. The molecule has 0 aliphatic carbocycles. The Morgan fingerprint density at radius 3 is 2.52 bits per heavy atom. The molecule has 1 fully saturated rings. The van der Waals surface area contributed by atoms with E-state index in [9.17, 15) is 13.2 Å². The standard InChI is InChI=1S/C22H22F3N5O2S/c23-22(24,25)31-18-9-7-17(8-10-18)26-21(33)30-12-4-11-29(13-14-30)15-19-27-20(32-28-19)16-5-2-1-3-6-16/h1-3,5-10H,4,11-15H2,(H,26,33). The Morgan fingerprint density at radius 2 is 1.79 bits per heavy atom. The van der Waals surface area contributed by atoms with Crippen LogP contribution in [0.4, 0.5) is 18.9 Å². The molecule has 33 heavy (non-hydrogen) atoms. The summed E-state index contributed by atoms with van der Waals surface area (Å²) in [4.78, 5) is 8.78. The zero-order valence-corrected chi connectivity index (χ0v) is 18.4. The fourth-order valence-corrected chi connectivity index (χ4v) is 3.79. The Labute approximate surface area is 194 Å². The SMILES string of the molecule is FC(F)(F)Oc1ccc(NC(=S)N2CCCN(Cc3noc(-c4ccccc4)n3)CC2)cc1. The molecule has 0 unspecified atom stereocenters. The summed E-state index contributed by atoms with van der Waals surface area (Å²) in [6.07, 6.45) is -3.82. The lowest BCUT2D eigenvalue weighted by Crippen LogP contribution is -2.37. The molecule has 3 aromatic rings. The van der Waals surface area contributed by atoms with Gasteiger partial charge >= 0.3 is 6.36 Å². The summed E-state index contributed by atoms with van der Waals surface area (Å²) in [5, 5.41) is 7.69. The van der Waals surface area contributed by atoms with Crippen LogP contribution in [0.3, 0.4) is 0 Å². The number of benzene rings is 2. The lowest BCUT2D eigenvalue weighted by molar-refractivity contribution is -0.274. The zero-order valence-electron chi connectivity index (χ0n) is 17.6. The third-order valence-corrected chi connectivity index (χ3v) is 5.43. The van der Waals surface area contributed by atoms with E-state index < -0.39 is 6.36 Å². The van der Waals surface area contributed by atoms with Crippen molar-refractivity contribution in [3.8, 4) is 17.2 Å². The first-order chi connectivity index (χ1) is 15.9. The van der Waals surface area contributed by atoms with Gasteiger partial charge in [0, 0.05) is 37.4 Å². The minimum absolute atomic E-state index is 0.277. The summed E-state index contributed by atoms with van der Waals surface area (Å²) in [7, 11) is 0. The molecule has 0 amide bonds. The molecule has 0 saturated carbocycles. The first-order valence-corrected chi connectivity index (χ1v) is 10.8. The van der Waals surface area contributed by atoms with Crippen molar-refractivity contribution in [2.75, 3.05) is 31.5 Å². The van der Waals surface area contributed by atoms with Crippen LogP contribution in [-0.4, -0.2) is 57.6 Å². The number of ether oxygens (including phenoxy) is 1. The second-order valence-electron chi connectivity index (χ2n) is 7.50. The average molecular weight is 478 g/mol. The Hall–Kier alpha value is -3.18. The molecule has 11 heteroatoms. The second-order valence-corrected chi connectivity index (χ2v) is 7.89. The summed E-state index contributed by atoms with van der Waals surface area (Å²) >= 11 is 5.51. The number of nitrogens with one attached hydrogen (secondary N) is 1. The molecule has 1 saturated heterocycles. The Kier molecular flexibility index (Phi) is 7.09. The van der Waals surface area contributed by atoms with Crippen molar-refractivity contribution in [3.63, 3.8) is 0 Å². The lowest BCUT2D eigenvalue weighted by atomic mass is 10.2. The topological polar surface area (TPSA) is 66.7 Å². The molecule has 1 N–H and O–H groups in total. The van der Waals surface area contributed by atoms with Gasteiger partial charge in [-0.05, 0) is 55.0 Å². The Bertz CT molecular complexity index is 1060. The van der Waals surface area contributed by atoms with Crippen LogP contribution in [0.5, 0.6) is 5.75 Å². The van der Waals surface area contributed by atoms with E-state index in [4.69, 9.17) is 16.7 Å². The molecule has 2 aromatic carbocycles. The van der Waals surface area contributed by atoms with Gasteiger partial charge in [-0.3, -0.25) is 4.90 Å². The van der Waals surface area contributed by atoms with Gasteiger partial charge in [-0.25, -0.2) is 0 Å². The van der Waals surface area contributed by atoms with Crippen LogP contribution in [-0.2, 0) is 6.54 Å². The number of halogens is 3. The molecule has 0 radical (unpaired) electrons. The summed E-state index contributed by atoms with van der Waals surface area (Å²) in [5.74, 6) is 0.851. The fraction of sp³-hybridized carbons (Fsp3) is 0.318. The van der Waals surface area contributed by atoms with E-state index in [2.05, 4.69) is 25.1 Å². The van der Waals surface area contributed by atoms with Crippen LogP contribution in [0.2, 0.25) is 0 Å². The largest absolute Gasteiger partial charge is 0.573 e. The number of anilines is 1. The number of aromatic nitrogens is 2. The normalized spacial score (nSPS) is 15.2. The zero-order chi connectivity index (χ0) is 23.3. The van der Waals surface area contributed by atoms with E-state index in [-0.39, 0.29) is 5.75 Å². The van der Waals surface area contributed by atoms with Gasteiger partial charge < -0.3 is 19.5 Å². The van der Waals surface area contributed by atoms with Crippen LogP contribution in [0, 0.1) is 0 Å². The fourth-order valence-electron chi connectivity index (χ4n) is 3.49. The van der Waals surface area contributed by atoms with E-state index in [1.807, 2.05) is 35.2 Å². The molecule has 4 rings (SSSR count). The summed E-state index contributed by atoms with van der Waals surface area (Å²) in [6, 6.07) is 15.1. The van der Waals surface area contributed by atoms with Crippen molar-refractivity contribution in [1.29, 1.82) is 0 Å². The predicted molar refractivity (Wildman–Crippen MR) is 121 cm³/mol. The maximum absolute atomic E-state index is 12.3. The summed E-state index contributed by atoms with van der Waals surface area (Å²) in [5.41, 5.74) is 1.48. The predicted octanol–water partition coefficient (Wildman–Crippen LogP) is 4.54. The molecule has 1 aliphatic rings. The van der Waals surface area contributed by atoms with Crippen molar-refractivity contribution >= 4 is 23.0 Å². The first kappa shape index (κ1) is 23.0. The number of hydrogen-bond acceptors (Lipinski definition) is 6. The highest BCUT2D eigenvalue weighted by Gasteiger charge is 2.31. The third-order valence-electron chi connectivity index (χ3n) is 5.07. The van der Waals surface area contributed by atoms with Crippen molar-refractivity contribution in [2.24, 2.45) is 0 Å². The number of rotatable bonds is 5. The molecule has 1 aliphatic heterocycles. The Morgan fingerprint density at radius 1 is 1.03 bits per heavy atom. The minimum atomic E-state index is -4.72. The molecule has 1 aromatic heterocycles. The van der Waals surface area contributed by atoms with Crippen LogP contribution in [0.25, 0.3) is 11.5 Å². The van der Waals surface area contributed by atoms with Crippen molar-refractivity contribution in [2.45, 2.75) is 19.3 Å². The lowest BCUT2D eigenvalue weighted by Gasteiger charge is -2.24. The molecule has 174 valence electrons. The molecular weight excluding hydrogens is 455 g/mol. The minimum Gasteiger partial charge on any atom is -0.406 e. The van der Waals surface area contributed by atoms with Gasteiger partial charge in [-0.15, -0.1) is 13.2 Å². The van der Waals surface area contributed by atoms with Crippen molar-refractivity contribution in [1.82, 2.24) is 19.9 Å². The quantitative estimate of drug-likeness (QED) is 0.538. The summed E-state index contributed by atoms with van der Waals surface area (Å²) in [6.45, 7) is 3.65. The Balaban J connectivity index is 1.28. The molecule has 0 bridgehead atoms. The third kappa shape index (κ3) is 6.65. The van der Waals surface area contributed by atoms with Gasteiger partial charge in [0.2, 0.25) is 0 Å². The van der Waals surface area contributed by atoms with E-state index in [0.717, 1.165) is 31.6 Å². The molecule has 0 spiro atoms. The smallest absolute Gasteiger partial charge is 0.406 e. The maximum atomic E-state index is 12.3. The average Bonchev–Trinajstić information content (AvgIpc) is 3.12. The van der Waals surface area contributed by atoms with Gasteiger partial charge in [0.25, 0.3) is 5.89 Å². The van der Waals surface area contributed by atoms with Gasteiger partial charge in [-0.1, -0.05) is 23.4 Å². The van der Waals surface area contributed by atoms with Crippen LogP contribution < -0.4 is 10.1 Å². The number of thiocarbonyl (C=S) groups is 1. The maximum Gasteiger partial charge on any atom is 0.573 e. The monoisotopic (exact) mass is 477 g/mol. The number of nitrogens with zero attached hydrogens (tertiary/aromatic N) is 4. The highest BCUT2D eigenvalue weighted by Crippen LogP contribution is 2.24. The van der Waals surface area contributed by atoms with Crippen molar-refractivity contribution in [3.05, 3.63) is 60.4 Å². The molecule has 2 heterocycles. The van der Waals surface area contributed by atoms with Crippen LogP contribution in [0.1, 0.15) is 12.2 Å². The number of hydrogen-bond donors (Lipinski definition) is 1. The van der Waals surface area contributed by atoms with E-state index >= 15 is 0 Å². The summed E-state index contributed by atoms with van der Waals surface area (Å²) < 4.78 is 46.2. The second kappa shape index (κ2) is 10.2. The number of alkyl halides is 3. The molecule has 7 nitrogen and oxygen atoms in total. The van der Waals surface area contributed by atoms with E-state index in [1.54, 1.807) is 0 Å². The van der Waals surface area contributed by atoms with Gasteiger partial charge in [0.15, 0.2) is 10.9 Å². The van der Waals surface area contributed by atoms with Crippen LogP contribution >= 0.6 is 12.2 Å². The molecule has 0 atom stereocenters. The van der Waals surface area contributed by atoms with Gasteiger partial charge in [0.1, 0.15) is 5.75 Å². The van der Waals surface area contributed by atoms with Crippen LogP contribution in [0.15, 0.2) is 59.1 Å². The van der Waals surface area contributed by atoms with Crippen molar-refractivity contribution < 1.29 is 22.4 Å². The highest BCUT2D eigenvalue weighted by atomic mass is 32.1. The van der Waals surface area contributed by atoms with Gasteiger partial charge in [0.05, 0.1) is 6.54 Å². The van der Waals surface area contributed by atoms with E-state index in [1.165, 1.54) is 24.3 Å². The first-order valence-electron chi connectivity index (χ1n) is 10.4. The van der Waals surface area contributed by atoms with Gasteiger partial charge in [-0.2, -0.15) is 4.98 Å². The van der Waals surface area contributed by atoms with E-state index in [0.29, 0.717) is 35.6 Å².